The fourth-order valence-electron chi connectivity index (χ4n) is 3.10. The summed E-state index contributed by atoms with van der Waals surface area (Å²) < 4.78 is 1.88. The normalized spacial score (nSPS) is 19.7. The highest BCUT2D eigenvalue weighted by molar-refractivity contribution is 5.81. The lowest BCUT2D eigenvalue weighted by Gasteiger charge is -2.23. The van der Waals surface area contributed by atoms with Crippen LogP contribution in [0, 0.1) is 11.8 Å². The summed E-state index contributed by atoms with van der Waals surface area (Å²) >= 11 is 0. The Balaban J connectivity index is 1.40. The molecule has 7 heteroatoms. The third kappa shape index (κ3) is 4.49. The largest absolute Gasteiger partial charge is 0.341 e. The maximum absolute atomic E-state index is 12.4. The molecular formula is C17H27N5O2. The Morgan fingerprint density at radius 1 is 1.21 bits per heavy atom. The number of amides is 3. The molecule has 24 heavy (non-hydrogen) atoms. The first-order valence-corrected chi connectivity index (χ1v) is 8.92. The predicted octanol–water partition coefficient (Wildman–Crippen LogP) is 1.17. The molecule has 0 radical (unpaired) electrons. The van der Waals surface area contributed by atoms with Gasteiger partial charge in [0.05, 0.1) is 0 Å². The van der Waals surface area contributed by atoms with E-state index in [-0.39, 0.29) is 17.9 Å². The SMILES string of the molecule is C[C@@H](CNC(=O)N1CCCN(C(=O)C2CC2)CC1)Cn1cccn1. The van der Waals surface area contributed by atoms with Crippen molar-refractivity contribution in [2.45, 2.75) is 32.7 Å². The molecule has 132 valence electrons. The number of nitrogens with zero attached hydrogens (tertiary/aromatic N) is 4. The lowest BCUT2D eigenvalue weighted by molar-refractivity contribution is -0.132. The first-order valence-electron chi connectivity index (χ1n) is 8.92. The molecular weight excluding hydrogens is 306 g/mol. The predicted molar refractivity (Wildman–Crippen MR) is 90.3 cm³/mol. The van der Waals surface area contributed by atoms with Crippen LogP contribution in [0.4, 0.5) is 4.79 Å². The molecule has 1 atom stereocenters. The van der Waals surface area contributed by atoms with E-state index in [0.29, 0.717) is 32.1 Å². The molecule has 0 aromatic carbocycles. The van der Waals surface area contributed by atoms with E-state index in [1.165, 1.54) is 0 Å². The summed E-state index contributed by atoms with van der Waals surface area (Å²) in [7, 11) is 0. The Kier molecular flexibility index (Phi) is 5.37. The summed E-state index contributed by atoms with van der Waals surface area (Å²) in [6, 6.07) is 1.88. The highest BCUT2D eigenvalue weighted by atomic mass is 16.2. The van der Waals surface area contributed by atoms with Crippen molar-refractivity contribution in [2.75, 3.05) is 32.7 Å². The van der Waals surface area contributed by atoms with Crippen LogP contribution in [0.15, 0.2) is 18.5 Å². The summed E-state index contributed by atoms with van der Waals surface area (Å²) in [5.74, 6) is 0.854. The van der Waals surface area contributed by atoms with Crippen molar-refractivity contribution in [1.29, 1.82) is 0 Å². The van der Waals surface area contributed by atoms with Crippen LogP contribution < -0.4 is 5.32 Å². The molecule has 2 heterocycles. The Morgan fingerprint density at radius 3 is 2.67 bits per heavy atom. The molecule has 1 saturated heterocycles. The number of nitrogens with one attached hydrogen (secondary N) is 1. The Labute approximate surface area is 143 Å². The van der Waals surface area contributed by atoms with E-state index in [1.54, 1.807) is 6.20 Å². The first-order chi connectivity index (χ1) is 11.6. The summed E-state index contributed by atoms with van der Waals surface area (Å²) in [4.78, 5) is 28.3. The van der Waals surface area contributed by atoms with Gasteiger partial charge in [-0.25, -0.2) is 4.79 Å². The summed E-state index contributed by atoms with van der Waals surface area (Å²) in [6.07, 6.45) is 6.62. The molecule has 2 aliphatic rings. The van der Waals surface area contributed by atoms with Crippen molar-refractivity contribution in [1.82, 2.24) is 24.9 Å². The number of aromatic nitrogens is 2. The van der Waals surface area contributed by atoms with Gasteiger partial charge in [-0.1, -0.05) is 6.92 Å². The van der Waals surface area contributed by atoms with Gasteiger partial charge in [-0.3, -0.25) is 9.48 Å². The monoisotopic (exact) mass is 333 g/mol. The number of carbonyl (C=O) groups is 2. The Bertz CT molecular complexity index is 555. The van der Waals surface area contributed by atoms with Crippen LogP contribution in [0.3, 0.4) is 0 Å². The highest BCUT2D eigenvalue weighted by Gasteiger charge is 2.34. The number of rotatable bonds is 5. The zero-order chi connectivity index (χ0) is 16.9. The van der Waals surface area contributed by atoms with Crippen LogP contribution in [-0.4, -0.2) is 64.2 Å². The summed E-state index contributed by atoms with van der Waals surface area (Å²) in [5.41, 5.74) is 0. The average molecular weight is 333 g/mol. The van der Waals surface area contributed by atoms with Crippen LogP contribution in [0.2, 0.25) is 0 Å². The average Bonchev–Trinajstić information content (AvgIpc) is 3.35. The molecule has 0 spiro atoms. The molecule has 1 aliphatic heterocycles. The fourth-order valence-corrected chi connectivity index (χ4v) is 3.10. The van der Waals surface area contributed by atoms with Gasteiger partial charge in [0.2, 0.25) is 5.91 Å². The number of urea groups is 1. The van der Waals surface area contributed by atoms with Gasteiger partial charge < -0.3 is 15.1 Å². The van der Waals surface area contributed by atoms with Gasteiger partial charge in [0.1, 0.15) is 0 Å². The first kappa shape index (κ1) is 16.8. The van der Waals surface area contributed by atoms with E-state index < -0.39 is 0 Å². The summed E-state index contributed by atoms with van der Waals surface area (Å²) in [5, 5.41) is 7.20. The molecule has 2 fully saturated rings. The van der Waals surface area contributed by atoms with Crippen LogP contribution >= 0.6 is 0 Å². The molecule has 1 aromatic heterocycles. The number of carbonyl (C=O) groups excluding carboxylic acids is 2. The zero-order valence-electron chi connectivity index (χ0n) is 14.4. The molecule has 1 aromatic rings. The lowest BCUT2D eigenvalue weighted by Crippen LogP contribution is -2.44. The second kappa shape index (κ2) is 7.68. The standard InChI is InChI=1S/C17H27N5O2/c1-14(13-22-9-2-6-19-22)12-18-17(24)21-8-3-7-20(10-11-21)16(23)15-4-5-15/h2,6,9,14-15H,3-5,7-8,10-13H2,1H3,(H,18,24)/t14-/m0/s1. The molecule has 0 unspecified atom stereocenters. The second-order valence-corrected chi connectivity index (χ2v) is 6.96. The van der Waals surface area contributed by atoms with Gasteiger partial charge in [0, 0.05) is 57.6 Å². The number of hydrogen-bond acceptors (Lipinski definition) is 3. The zero-order valence-corrected chi connectivity index (χ0v) is 14.4. The Morgan fingerprint density at radius 2 is 1.96 bits per heavy atom. The van der Waals surface area contributed by atoms with Crippen LogP contribution in [0.25, 0.3) is 0 Å². The quantitative estimate of drug-likeness (QED) is 0.879. The molecule has 0 bridgehead atoms. The van der Waals surface area contributed by atoms with Gasteiger partial charge in [-0.05, 0) is 31.2 Å². The second-order valence-electron chi connectivity index (χ2n) is 6.96. The minimum Gasteiger partial charge on any atom is -0.341 e. The molecule has 1 N–H and O–H groups in total. The van der Waals surface area contributed by atoms with Crippen molar-refractivity contribution >= 4 is 11.9 Å². The van der Waals surface area contributed by atoms with Crippen molar-refractivity contribution in [3.8, 4) is 0 Å². The van der Waals surface area contributed by atoms with Crippen LogP contribution in [-0.2, 0) is 11.3 Å². The number of hydrogen-bond donors (Lipinski definition) is 1. The maximum Gasteiger partial charge on any atom is 0.317 e. The maximum atomic E-state index is 12.4. The fraction of sp³-hybridized carbons (Fsp3) is 0.706. The molecule has 3 amide bonds. The van der Waals surface area contributed by atoms with Crippen LogP contribution in [0.5, 0.6) is 0 Å². The van der Waals surface area contributed by atoms with E-state index in [9.17, 15) is 9.59 Å². The molecule has 3 rings (SSSR count). The molecule has 1 aliphatic carbocycles. The van der Waals surface area contributed by atoms with Gasteiger partial charge in [0.15, 0.2) is 0 Å². The highest BCUT2D eigenvalue weighted by Crippen LogP contribution is 2.31. The topological polar surface area (TPSA) is 70.5 Å². The van der Waals surface area contributed by atoms with Crippen molar-refractivity contribution in [3.63, 3.8) is 0 Å². The van der Waals surface area contributed by atoms with E-state index in [4.69, 9.17) is 0 Å². The van der Waals surface area contributed by atoms with E-state index in [0.717, 1.165) is 32.4 Å². The smallest absolute Gasteiger partial charge is 0.317 e. The minimum atomic E-state index is -0.0250. The van der Waals surface area contributed by atoms with Crippen molar-refractivity contribution in [2.24, 2.45) is 11.8 Å². The minimum absolute atomic E-state index is 0.0250. The van der Waals surface area contributed by atoms with E-state index in [1.807, 2.05) is 26.7 Å². The summed E-state index contributed by atoms with van der Waals surface area (Å²) in [6.45, 7) is 6.28. The van der Waals surface area contributed by atoms with Crippen molar-refractivity contribution < 1.29 is 9.59 Å². The van der Waals surface area contributed by atoms with E-state index >= 15 is 0 Å². The van der Waals surface area contributed by atoms with Gasteiger partial charge in [0.25, 0.3) is 0 Å². The van der Waals surface area contributed by atoms with Crippen molar-refractivity contribution in [3.05, 3.63) is 18.5 Å². The van der Waals surface area contributed by atoms with Gasteiger partial charge in [-0.2, -0.15) is 5.10 Å². The third-order valence-electron chi connectivity index (χ3n) is 4.68. The Hall–Kier alpha value is -2.05. The van der Waals surface area contributed by atoms with Gasteiger partial charge >= 0.3 is 6.03 Å². The third-order valence-corrected chi connectivity index (χ3v) is 4.68. The molecule has 1 saturated carbocycles. The van der Waals surface area contributed by atoms with Crippen LogP contribution in [0.1, 0.15) is 26.2 Å². The molecule has 7 nitrogen and oxygen atoms in total. The lowest BCUT2D eigenvalue weighted by atomic mass is 10.2. The van der Waals surface area contributed by atoms with Gasteiger partial charge in [-0.15, -0.1) is 0 Å². The van der Waals surface area contributed by atoms with E-state index in [2.05, 4.69) is 17.3 Å².